The molecule has 0 unspecified atom stereocenters. The SMILES string of the molecule is NC(=O)c1cc(O)c(I)nc1C(F)F. The molecule has 1 aromatic rings. The highest BCUT2D eigenvalue weighted by Gasteiger charge is 2.20. The second-order valence-electron chi connectivity index (χ2n) is 2.40. The Morgan fingerprint density at radius 2 is 2.21 bits per heavy atom. The molecular formula is C7H5F2IN2O2. The van der Waals surface area contributed by atoms with Crippen molar-refractivity contribution in [1.82, 2.24) is 4.98 Å². The van der Waals surface area contributed by atoms with Crippen molar-refractivity contribution in [3.05, 3.63) is 21.0 Å². The Kier molecular flexibility index (Phi) is 3.19. The molecular weight excluding hydrogens is 309 g/mol. The van der Waals surface area contributed by atoms with E-state index in [1.165, 1.54) is 0 Å². The third kappa shape index (κ3) is 2.08. The molecule has 0 aliphatic rings. The van der Waals surface area contributed by atoms with Gasteiger partial charge in [0.15, 0.2) is 0 Å². The zero-order valence-corrected chi connectivity index (χ0v) is 8.83. The first-order valence-electron chi connectivity index (χ1n) is 3.41. The molecule has 0 aliphatic heterocycles. The molecule has 0 aromatic carbocycles. The maximum absolute atomic E-state index is 12.3. The predicted molar refractivity (Wildman–Crippen MR) is 52.1 cm³/mol. The minimum atomic E-state index is -2.90. The third-order valence-electron chi connectivity index (χ3n) is 1.46. The minimum absolute atomic E-state index is 0.00269. The molecule has 0 spiro atoms. The number of primary amides is 1. The van der Waals surface area contributed by atoms with E-state index >= 15 is 0 Å². The number of carbonyl (C=O) groups is 1. The van der Waals surface area contributed by atoms with E-state index in [9.17, 15) is 13.6 Å². The Morgan fingerprint density at radius 1 is 1.64 bits per heavy atom. The topological polar surface area (TPSA) is 76.2 Å². The molecule has 14 heavy (non-hydrogen) atoms. The van der Waals surface area contributed by atoms with Crippen molar-refractivity contribution in [2.24, 2.45) is 5.73 Å². The molecule has 0 fully saturated rings. The number of alkyl halides is 2. The van der Waals surface area contributed by atoms with E-state index in [4.69, 9.17) is 10.8 Å². The van der Waals surface area contributed by atoms with Gasteiger partial charge in [0.1, 0.15) is 15.1 Å². The normalized spacial score (nSPS) is 10.6. The van der Waals surface area contributed by atoms with Crippen molar-refractivity contribution < 1.29 is 18.7 Å². The number of carbonyl (C=O) groups excluding carboxylic acids is 1. The minimum Gasteiger partial charge on any atom is -0.505 e. The summed E-state index contributed by atoms with van der Waals surface area (Å²) in [5.41, 5.74) is 3.68. The van der Waals surface area contributed by atoms with Gasteiger partial charge in [0, 0.05) is 0 Å². The molecule has 1 amide bonds. The van der Waals surface area contributed by atoms with Gasteiger partial charge in [0.2, 0.25) is 0 Å². The molecule has 0 saturated heterocycles. The molecule has 1 aromatic heterocycles. The van der Waals surface area contributed by atoms with Crippen LogP contribution < -0.4 is 5.73 Å². The van der Waals surface area contributed by atoms with Gasteiger partial charge in [-0.1, -0.05) is 0 Å². The van der Waals surface area contributed by atoms with Gasteiger partial charge in [-0.25, -0.2) is 13.8 Å². The number of hydrogen-bond acceptors (Lipinski definition) is 3. The van der Waals surface area contributed by atoms with Crippen LogP contribution in [0.3, 0.4) is 0 Å². The van der Waals surface area contributed by atoms with Crippen LogP contribution in [0, 0.1) is 3.70 Å². The Bertz CT molecular complexity index is 384. The first-order valence-corrected chi connectivity index (χ1v) is 4.48. The number of aromatic nitrogens is 1. The van der Waals surface area contributed by atoms with Gasteiger partial charge in [-0.3, -0.25) is 4.79 Å². The second-order valence-corrected chi connectivity index (χ2v) is 3.42. The third-order valence-corrected chi connectivity index (χ3v) is 2.25. The van der Waals surface area contributed by atoms with Crippen LogP contribution in [0.15, 0.2) is 6.07 Å². The predicted octanol–water partition coefficient (Wildman–Crippen LogP) is 1.43. The summed E-state index contributed by atoms with van der Waals surface area (Å²) in [5, 5.41) is 9.13. The second kappa shape index (κ2) is 4.03. The van der Waals surface area contributed by atoms with Crippen LogP contribution in [0.4, 0.5) is 8.78 Å². The summed E-state index contributed by atoms with van der Waals surface area (Å²) >= 11 is 1.58. The Balaban J connectivity index is 3.39. The first kappa shape index (κ1) is 11.1. The van der Waals surface area contributed by atoms with E-state index in [-0.39, 0.29) is 9.45 Å². The number of pyridine rings is 1. The van der Waals surface area contributed by atoms with Crippen LogP contribution in [0.25, 0.3) is 0 Å². The number of aromatic hydroxyl groups is 1. The molecule has 76 valence electrons. The smallest absolute Gasteiger partial charge is 0.281 e. The first-order chi connectivity index (χ1) is 6.43. The average Bonchev–Trinajstić information content (AvgIpc) is 2.08. The van der Waals surface area contributed by atoms with Crippen molar-refractivity contribution in [3.8, 4) is 5.75 Å². The lowest BCUT2D eigenvalue weighted by Crippen LogP contribution is -2.15. The Morgan fingerprint density at radius 3 is 2.64 bits per heavy atom. The highest BCUT2D eigenvalue weighted by molar-refractivity contribution is 14.1. The summed E-state index contributed by atoms with van der Waals surface area (Å²) in [7, 11) is 0. The Hall–Kier alpha value is -0.990. The van der Waals surface area contributed by atoms with Crippen molar-refractivity contribution in [2.45, 2.75) is 6.43 Å². The van der Waals surface area contributed by atoms with Crippen molar-refractivity contribution in [2.75, 3.05) is 0 Å². The van der Waals surface area contributed by atoms with E-state index in [1.807, 2.05) is 0 Å². The maximum Gasteiger partial charge on any atom is 0.281 e. The van der Waals surface area contributed by atoms with Crippen molar-refractivity contribution in [1.29, 1.82) is 0 Å². The van der Waals surface area contributed by atoms with Gasteiger partial charge < -0.3 is 10.8 Å². The molecule has 0 radical (unpaired) electrons. The largest absolute Gasteiger partial charge is 0.505 e. The van der Waals surface area contributed by atoms with Crippen LogP contribution in [-0.4, -0.2) is 16.0 Å². The zero-order chi connectivity index (χ0) is 10.9. The quantitative estimate of drug-likeness (QED) is 0.640. The van der Waals surface area contributed by atoms with Crippen LogP contribution in [-0.2, 0) is 0 Å². The van der Waals surface area contributed by atoms with E-state index in [2.05, 4.69) is 4.98 Å². The van der Waals surface area contributed by atoms with Gasteiger partial charge in [0.05, 0.1) is 5.56 Å². The number of nitrogens with two attached hydrogens (primary N) is 1. The van der Waals surface area contributed by atoms with Crippen molar-refractivity contribution in [3.63, 3.8) is 0 Å². The summed E-state index contributed by atoms with van der Waals surface area (Å²) in [4.78, 5) is 14.1. The molecule has 1 rings (SSSR count). The molecule has 0 saturated carbocycles. The maximum atomic E-state index is 12.3. The summed E-state index contributed by atoms with van der Waals surface area (Å²) in [6, 6.07) is 0.887. The molecule has 3 N–H and O–H groups in total. The van der Waals surface area contributed by atoms with Gasteiger partial charge in [-0.2, -0.15) is 0 Å². The zero-order valence-electron chi connectivity index (χ0n) is 6.67. The fraction of sp³-hybridized carbons (Fsp3) is 0.143. The Labute approximate surface area is 91.3 Å². The van der Waals surface area contributed by atoms with E-state index in [0.29, 0.717) is 0 Å². The number of hydrogen-bond donors (Lipinski definition) is 2. The molecule has 0 aliphatic carbocycles. The van der Waals surface area contributed by atoms with E-state index in [1.54, 1.807) is 22.6 Å². The standard InChI is InChI=1S/C7H5F2IN2O2/c8-5(9)4-2(7(11)14)1-3(13)6(10)12-4/h1,5,13H,(H2,11,14). The summed E-state index contributed by atoms with van der Waals surface area (Å²) in [5.74, 6) is -1.39. The molecule has 0 atom stereocenters. The van der Waals surface area contributed by atoms with Gasteiger partial charge in [-0.15, -0.1) is 0 Å². The van der Waals surface area contributed by atoms with Crippen LogP contribution in [0.1, 0.15) is 22.5 Å². The van der Waals surface area contributed by atoms with E-state index < -0.39 is 23.6 Å². The monoisotopic (exact) mass is 314 g/mol. The van der Waals surface area contributed by atoms with Gasteiger partial charge in [-0.05, 0) is 28.7 Å². The fourth-order valence-electron chi connectivity index (χ4n) is 0.857. The number of halogens is 3. The molecule has 0 bridgehead atoms. The summed E-state index contributed by atoms with van der Waals surface area (Å²) in [6.07, 6.45) is -2.90. The highest BCUT2D eigenvalue weighted by Crippen LogP contribution is 2.26. The number of amides is 1. The van der Waals surface area contributed by atoms with Crippen molar-refractivity contribution >= 4 is 28.5 Å². The molecule has 1 heterocycles. The molecule has 7 heteroatoms. The lowest BCUT2D eigenvalue weighted by atomic mass is 10.2. The van der Waals surface area contributed by atoms with Gasteiger partial charge >= 0.3 is 0 Å². The number of rotatable bonds is 2. The fourth-order valence-corrected chi connectivity index (χ4v) is 1.27. The lowest BCUT2D eigenvalue weighted by Gasteiger charge is -2.06. The van der Waals surface area contributed by atoms with Gasteiger partial charge in [0.25, 0.3) is 12.3 Å². The van der Waals surface area contributed by atoms with Crippen LogP contribution in [0.5, 0.6) is 5.75 Å². The molecule has 4 nitrogen and oxygen atoms in total. The lowest BCUT2D eigenvalue weighted by molar-refractivity contribution is 0.0982. The van der Waals surface area contributed by atoms with E-state index in [0.717, 1.165) is 6.07 Å². The van der Waals surface area contributed by atoms with Crippen LogP contribution in [0.2, 0.25) is 0 Å². The average molecular weight is 314 g/mol. The van der Waals surface area contributed by atoms with Crippen LogP contribution >= 0.6 is 22.6 Å². The highest BCUT2D eigenvalue weighted by atomic mass is 127. The summed E-state index contributed by atoms with van der Waals surface area (Å²) in [6.45, 7) is 0. The summed E-state index contributed by atoms with van der Waals surface area (Å²) < 4.78 is 24.7. The number of nitrogens with zero attached hydrogens (tertiary/aromatic N) is 1.